The Kier molecular flexibility index (Phi) is 2.32. The lowest BCUT2D eigenvalue weighted by Crippen LogP contribution is -2.30. The predicted octanol–water partition coefficient (Wildman–Crippen LogP) is 0.342. The number of carbonyl (C=O) groups is 2. The first-order chi connectivity index (χ1) is 5.52. The quantitative estimate of drug-likeness (QED) is 0.466. The summed E-state index contributed by atoms with van der Waals surface area (Å²) < 4.78 is 0. The summed E-state index contributed by atoms with van der Waals surface area (Å²) in [5.74, 6) is -0.251. The summed E-state index contributed by atoms with van der Waals surface area (Å²) >= 11 is 0. The highest BCUT2D eigenvalue weighted by molar-refractivity contribution is 6.02. The van der Waals surface area contributed by atoms with E-state index < -0.39 is 18.0 Å². The van der Waals surface area contributed by atoms with Crippen LogP contribution in [0.15, 0.2) is 0 Å². The van der Waals surface area contributed by atoms with E-state index in [1.54, 1.807) is 0 Å². The molecule has 5 nitrogen and oxygen atoms in total. The van der Waals surface area contributed by atoms with Crippen molar-refractivity contribution in [1.29, 1.82) is 0 Å². The van der Waals surface area contributed by atoms with Crippen LogP contribution in [-0.2, 0) is 4.79 Å². The summed E-state index contributed by atoms with van der Waals surface area (Å²) in [4.78, 5) is 21.8. The topological polar surface area (TPSA) is 69.6 Å². The maximum atomic E-state index is 11.0. The molecule has 2 N–H and O–H groups in total. The fourth-order valence-electron chi connectivity index (χ4n) is 1.15. The van der Waals surface area contributed by atoms with E-state index >= 15 is 0 Å². The molecule has 0 aliphatic carbocycles. The number of urea groups is 1. The Labute approximate surface area is 70.3 Å². The molecule has 68 valence electrons. The Balaban J connectivity index is 2.59. The molecule has 0 spiro atoms. The molecule has 5 heteroatoms. The van der Waals surface area contributed by atoms with Crippen molar-refractivity contribution in [3.05, 3.63) is 0 Å². The third kappa shape index (κ3) is 1.55. The Morgan fingerprint density at radius 2 is 2.17 bits per heavy atom. The summed E-state index contributed by atoms with van der Waals surface area (Å²) in [6, 6.07) is -1.28. The maximum Gasteiger partial charge on any atom is 0.349 e. The molecule has 0 radical (unpaired) electrons. The number of hydrogen-bond donors (Lipinski definition) is 2. The molecular formula is C7H12N2O3. The van der Waals surface area contributed by atoms with Gasteiger partial charge in [-0.1, -0.05) is 13.8 Å². The second kappa shape index (κ2) is 3.10. The van der Waals surface area contributed by atoms with Crippen molar-refractivity contribution in [2.45, 2.75) is 26.3 Å². The monoisotopic (exact) mass is 172 g/mol. The van der Waals surface area contributed by atoms with E-state index in [0.29, 0.717) is 12.3 Å². The van der Waals surface area contributed by atoms with Gasteiger partial charge in [-0.05, 0) is 12.3 Å². The zero-order chi connectivity index (χ0) is 9.30. The van der Waals surface area contributed by atoms with Crippen molar-refractivity contribution in [1.82, 2.24) is 10.4 Å². The van der Waals surface area contributed by atoms with Crippen LogP contribution < -0.4 is 5.32 Å². The minimum Gasteiger partial charge on any atom is -0.324 e. The van der Waals surface area contributed by atoms with E-state index in [4.69, 9.17) is 5.21 Å². The summed E-state index contributed by atoms with van der Waals surface area (Å²) in [6.45, 7) is 3.89. The molecule has 0 bridgehead atoms. The highest BCUT2D eigenvalue weighted by Crippen LogP contribution is 2.11. The van der Waals surface area contributed by atoms with Crippen molar-refractivity contribution in [2.24, 2.45) is 5.92 Å². The van der Waals surface area contributed by atoms with E-state index in [2.05, 4.69) is 5.32 Å². The molecular weight excluding hydrogens is 160 g/mol. The number of amides is 3. The minimum atomic E-state index is -0.731. The van der Waals surface area contributed by atoms with E-state index in [1.165, 1.54) is 0 Å². The van der Waals surface area contributed by atoms with Crippen molar-refractivity contribution in [3.63, 3.8) is 0 Å². The second-order valence-electron chi connectivity index (χ2n) is 3.28. The van der Waals surface area contributed by atoms with Crippen LogP contribution >= 0.6 is 0 Å². The number of nitrogens with zero attached hydrogens (tertiary/aromatic N) is 1. The molecule has 0 saturated carbocycles. The fourth-order valence-corrected chi connectivity index (χ4v) is 1.15. The molecule has 0 aromatic heterocycles. The third-order valence-corrected chi connectivity index (χ3v) is 1.70. The number of carbonyl (C=O) groups excluding carboxylic acids is 2. The zero-order valence-electron chi connectivity index (χ0n) is 7.07. The first-order valence-electron chi connectivity index (χ1n) is 3.85. The molecule has 1 rings (SSSR count). The van der Waals surface area contributed by atoms with Crippen molar-refractivity contribution in [2.75, 3.05) is 0 Å². The Morgan fingerprint density at radius 3 is 2.50 bits per heavy atom. The standard InChI is InChI=1S/C7H12N2O3/c1-4(2)3-5-6(10)9(12)7(11)8-5/h4-5,12H,3H2,1-2H3,(H,8,11). The van der Waals surface area contributed by atoms with Crippen LogP contribution in [0.2, 0.25) is 0 Å². The molecule has 3 amide bonds. The fraction of sp³-hybridized carbons (Fsp3) is 0.714. The lowest BCUT2D eigenvalue weighted by atomic mass is 10.0. The van der Waals surface area contributed by atoms with Gasteiger partial charge in [-0.25, -0.2) is 4.79 Å². The predicted molar refractivity (Wildman–Crippen MR) is 40.4 cm³/mol. The third-order valence-electron chi connectivity index (χ3n) is 1.70. The summed E-state index contributed by atoms with van der Waals surface area (Å²) in [5.41, 5.74) is 0. The van der Waals surface area contributed by atoms with Crippen LogP contribution in [0.1, 0.15) is 20.3 Å². The largest absolute Gasteiger partial charge is 0.349 e. The number of hydrogen-bond acceptors (Lipinski definition) is 3. The van der Waals surface area contributed by atoms with E-state index in [-0.39, 0.29) is 5.06 Å². The first-order valence-corrected chi connectivity index (χ1v) is 3.85. The van der Waals surface area contributed by atoms with Crippen LogP contribution in [0.3, 0.4) is 0 Å². The number of hydroxylamine groups is 2. The van der Waals surface area contributed by atoms with Crippen LogP contribution in [0.4, 0.5) is 4.79 Å². The van der Waals surface area contributed by atoms with Crippen LogP contribution in [0.5, 0.6) is 0 Å². The Bertz CT molecular complexity index is 215. The molecule has 0 aromatic carbocycles. The van der Waals surface area contributed by atoms with E-state index in [9.17, 15) is 9.59 Å². The summed E-state index contributed by atoms with van der Waals surface area (Å²) in [6.07, 6.45) is 0.557. The first kappa shape index (κ1) is 8.99. The van der Waals surface area contributed by atoms with Gasteiger partial charge in [0.05, 0.1) is 0 Å². The summed E-state index contributed by atoms with van der Waals surface area (Å²) in [5, 5.41) is 11.3. The number of imide groups is 1. The molecule has 1 atom stereocenters. The van der Waals surface area contributed by atoms with E-state index in [1.807, 2.05) is 13.8 Å². The highest BCUT2D eigenvalue weighted by Gasteiger charge is 2.37. The van der Waals surface area contributed by atoms with Gasteiger partial charge < -0.3 is 5.32 Å². The average Bonchev–Trinajstić information content (AvgIpc) is 2.17. The van der Waals surface area contributed by atoms with Gasteiger partial charge in [-0.3, -0.25) is 10.0 Å². The van der Waals surface area contributed by atoms with Crippen molar-refractivity contribution >= 4 is 11.9 Å². The summed E-state index contributed by atoms with van der Waals surface area (Å²) in [7, 11) is 0. The van der Waals surface area contributed by atoms with Gasteiger partial charge in [-0.2, -0.15) is 0 Å². The van der Waals surface area contributed by atoms with Crippen LogP contribution in [0, 0.1) is 5.92 Å². The van der Waals surface area contributed by atoms with Crippen LogP contribution in [0.25, 0.3) is 0 Å². The highest BCUT2D eigenvalue weighted by atomic mass is 16.5. The van der Waals surface area contributed by atoms with Gasteiger partial charge in [0.25, 0.3) is 5.91 Å². The SMILES string of the molecule is CC(C)CC1NC(=O)N(O)C1=O. The zero-order valence-corrected chi connectivity index (χ0v) is 7.07. The van der Waals surface area contributed by atoms with E-state index in [0.717, 1.165) is 0 Å². The molecule has 1 aliphatic rings. The minimum absolute atomic E-state index is 0.132. The van der Waals surface area contributed by atoms with Gasteiger partial charge >= 0.3 is 6.03 Å². The van der Waals surface area contributed by atoms with Gasteiger partial charge in [0.15, 0.2) is 0 Å². The van der Waals surface area contributed by atoms with Gasteiger partial charge in [-0.15, -0.1) is 5.06 Å². The average molecular weight is 172 g/mol. The normalized spacial score (nSPS) is 23.7. The Hall–Kier alpha value is -1.10. The second-order valence-corrected chi connectivity index (χ2v) is 3.28. The molecule has 1 aliphatic heterocycles. The Morgan fingerprint density at radius 1 is 1.58 bits per heavy atom. The number of rotatable bonds is 2. The lowest BCUT2D eigenvalue weighted by molar-refractivity contribution is -0.149. The molecule has 12 heavy (non-hydrogen) atoms. The number of nitrogens with one attached hydrogen (secondary N) is 1. The molecule has 1 heterocycles. The van der Waals surface area contributed by atoms with Crippen molar-refractivity contribution < 1.29 is 14.8 Å². The van der Waals surface area contributed by atoms with Crippen LogP contribution in [-0.4, -0.2) is 28.3 Å². The molecule has 1 fully saturated rings. The van der Waals surface area contributed by atoms with Gasteiger partial charge in [0.2, 0.25) is 0 Å². The molecule has 0 aromatic rings. The molecule has 1 saturated heterocycles. The smallest absolute Gasteiger partial charge is 0.324 e. The molecule has 1 unspecified atom stereocenters. The maximum absolute atomic E-state index is 11.0. The van der Waals surface area contributed by atoms with Gasteiger partial charge in [0, 0.05) is 0 Å². The van der Waals surface area contributed by atoms with Crippen molar-refractivity contribution in [3.8, 4) is 0 Å². The lowest BCUT2D eigenvalue weighted by Gasteiger charge is -2.08. The van der Waals surface area contributed by atoms with Gasteiger partial charge in [0.1, 0.15) is 6.04 Å².